The number of imidazole rings is 1. The number of amides is 1. The van der Waals surface area contributed by atoms with Crippen LogP contribution in [0, 0.1) is 0 Å². The predicted molar refractivity (Wildman–Crippen MR) is 77.6 cm³/mol. The van der Waals surface area contributed by atoms with Crippen molar-refractivity contribution in [2.75, 3.05) is 5.75 Å². The van der Waals surface area contributed by atoms with Crippen LogP contribution >= 0.6 is 11.8 Å². The fourth-order valence-electron chi connectivity index (χ4n) is 1.91. The molecule has 1 heterocycles. The van der Waals surface area contributed by atoms with Crippen molar-refractivity contribution in [3.8, 4) is 5.69 Å². The van der Waals surface area contributed by atoms with Crippen molar-refractivity contribution in [3.63, 3.8) is 0 Å². The summed E-state index contributed by atoms with van der Waals surface area (Å²) in [7, 11) is 0. The molecule has 2 aromatic rings. The van der Waals surface area contributed by atoms with Gasteiger partial charge in [0.15, 0.2) is 5.16 Å². The Hall–Kier alpha value is -1.75. The Bertz CT molecular complexity index is 578. The molecule has 0 saturated heterocycles. The van der Waals surface area contributed by atoms with Crippen LogP contribution in [-0.2, 0) is 4.79 Å². The number of nitrogens with zero attached hydrogens (tertiary/aromatic N) is 2. The summed E-state index contributed by atoms with van der Waals surface area (Å²) in [5.74, 6) is 0.324. The van der Waals surface area contributed by atoms with E-state index in [9.17, 15) is 4.79 Å². The number of thioether (sulfide) groups is 1. The van der Waals surface area contributed by atoms with Crippen molar-refractivity contribution < 1.29 is 4.79 Å². The van der Waals surface area contributed by atoms with Gasteiger partial charge in [0, 0.05) is 12.4 Å². The van der Waals surface area contributed by atoms with Gasteiger partial charge in [-0.1, -0.05) is 43.8 Å². The van der Waals surface area contributed by atoms with Gasteiger partial charge in [-0.3, -0.25) is 9.36 Å². The Kier molecular flexibility index (Phi) is 4.27. The first-order valence-corrected chi connectivity index (χ1v) is 7.12. The van der Waals surface area contributed by atoms with Gasteiger partial charge in [-0.25, -0.2) is 4.98 Å². The second kappa shape index (κ2) is 5.93. The molecule has 5 heteroatoms. The van der Waals surface area contributed by atoms with Gasteiger partial charge >= 0.3 is 0 Å². The lowest BCUT2D eigenvalue weighted by Gasteiger charge is -2.14. The van der Waals surface area contributed by atoms with Gasteiger partial charge in [0.05, 0.1) is 11.4 Å². The zero-order valence-electron chi connectivity index (χ0n) is 11.0. The van der Waals surface area contributed by atoms with E-state index in [-0.39, 0.29) is 11.7 Å². The number of nitrogens with two attached hydrogens (primary N) is 1. The third-order valence-corrected chi connectivity index (χ3v) is 3.76. The largest absolute Gasteiger partial charge is 0.369 e. The number of primary amides is 1. The second-order valence-corrected chi connectivity index (χ2v) is 5.49. The third-order valence-electron chi connectivity index (χ3n) is 2.77. The molecule has 0 aliphatic rings. The van der Waals surface area contributed by atoms with E-state index in [1.807, 2.05) is 22.9 Å². The van der Waals surface area contributed by atoms with Crippen LogP contribution in [0.4, 0.5) is 0 Å². The van der Waals surface area contributed by atoms with Crippen molar-refractivity contribution >= 4 is 17.7 Å². The van der Waals surface area contributed by atoms with E-state index >= 15 is 0 Å². The second-order valence-electron chi connectivity index (χ2n) is 4.55. The Morgan fingerprint density at radius 2 is 2.16 bits per heavy atom. The molecule has 0 unspecified atom stereocenters. The summed E-state index contributed by atoms with van der Waals surface area (Å²) in [6, 6.07) is 8.21. The van der Waals surface area contributed by atoms with Crippen LogP contribution in [0.3, 0.4) is 0 Å². The van der Waals surface area contributed by atoms with Gasteiger partial charge in [0.2, 0.25) is 5.91 Å². The first kappa shape index (κ1) is 13.7. The molecule has 0 saturated carbocycles. The highest BCUT2D eigenvalue weighted by Gasteiger charge is 2.12. The minimum atomic E-state index is -0.336. The topological polar surface area (TPSA) is 60.9 Å². The normalized spacial score (nSPS) is 10.9. The first-order chi connectivity index (χ1) is 9.09. The van der Waals surface area contributed by atoms with Crippen LogP contribution in [0.2, 0.25) is 0 Å². The van der Waals surface area contributed by atoms with Crippen LogP contribution in [0.1, 0.15) is 25.3 Å². The fourth-order valence-corrected chi connectivity index (χ4v) is 2.62. The zero-order chi connectivity index (χ0) is 13.8. The number of rotatable bonds is 5. The Morgan fingerprint density at radius 1 is 1.42 bits per heavy atom. The number of carbonyl (C=O) groups excluding carboxylic acids is 1. The van der Waals surface area contributed by atoms with Gasteiger partial charge in [0.25, 0.3) is 0 Å². The molecule has 100 valence electrons. The minimum Gasteiger partial charge on any atom is -0.369 e. The molecule has 0 aliphatic carbocycles. The molecular formula is C14H17N3OS. The van der Waals surface area contributed by atoms with Crippen LogP contribution in [0.15, 0.2) is 41.8 Å². The van der Waals surface area contributed by atoms with Crippen molar-refractivity contribution in [2.45, 2.75) is 24.9 Å². The molecule has 0 spiro atoms. The van der Waals surface area contributed by atoms with Gasteiger partial charge in [-0.05, 0) is 17.5 Å². The molecule has 1 amide bonds. The summed E-state index contributed by atoms with van der Waals surface area (Å²) in [4.78, 5) is 15.2. The maximum Gasteiger partial charge on any atom is 0.227 e. The number of benzene rings is 1. The van der Waals surface area contributed by atoms with Crippen LogP contribution in [0.5, 0.6) is 0 Å². The van der Waals surface area contributed by atoms with E-state index in [1.165, 1.54) is 17.3 Å². The van der Waals surface area contributed by atoms with Crippen molar-refractivity contribution in [2.24, 2.45) is 5.73 Å². The van der Waals surface area contributed by atoms with Gasteiger partial charge < -0.3 is 5.73 Å². The third kappa shape index (κ3) is 3.17. The summed E-state index contributed by atoms with van der Waals surface area (Å²) in [5.41, 5.74) is 7.53. The standard InChI is InChI=1S/C14H17N3OS/c1-10(2)11-5-3-4-6-12(11)17-8-7-16-14(17)19-9-13(15)18/h3-8,10H,9H2,1-2H3,(H2,15,18). The van der Waals surface area contributed by atoms with E-state index in [4.69, 9.17) is 5.73 Å². The monoisotopic (exact) mass is 275 g/mol. The highest BCUT2D eigenvalue weighted by atomic mass is 32.2. The lowest BCUT2D eigenvalue weighted by molar-refractivity contribution is -0.115. The molecule has 4 nitrogen and oxygen atoms in total. The van der Waals surface area contributed by atoms with E-state index < -0.39 is 0 Å². The van der Waals surface area contributed by atoms with E-state index in [2.05, 4.69) is 31.0 Å². The Balaban J connectivity index is 2.37. The molecule has 2 rings (SSSR count). The molecule has 1 aromatic carbocycles. The summed E-state index contributed by atoms with van der Waals surface area (Å²) in [6.45, 7) is 4.32. The quantitative estimate of drug-likeness (QED) is 0.853. The summed E-state index contributed by atoms with van der Waals surface area (Å²) in [5, 5.41) is 0.784. The summed E-state index contributed by atoms with van der Waals surface area (Å²) in [6.07, 6.45) is 3.64. The maximum atomic E-state index is 10.9. The van der Waals surface area contributed by atoms with Gasteiger partial charge in [0.1, 0.15) is 0 Å². The zero-order valence-corrected chi connectivity index (χ0v) is 11.9. The highest BCUT2D eigenvalue weighted by molar-refractivity contribution is 7.99. The Labute approximate surface area is 117 Å². The van der Waals surface area contributed by atoms with E-state index in [0.29, 0.717) is 5.92 Å². The molecular weight excluding hydrogens is 258 g/mol. The number of carbonyl (C=O) groups is 1. The van der Waals surface area contributed by atoms with Crippen molar-refractivity contribution in [1.82, 2.24) is 9.55 Å². The van der Waals surface area contributed by atoms with Gasteiger partial charge in [-0.15, -0.1) is 0 Å². The van der Waals surface area contributed by atoms with Crippen LogP contribution in [-0.4, -0.2) is 21.2 Å². The van der Waals surface area contributed by atoms with Crippen molar-refractivity contribution in [1.29, 1.82) is 0 Å². The smallest absolute Gasteiger partial charge is 0.227 e. The minimum absolute atomic E-state index is 0.237. The van der Waals surface area contributed by atoms with Crippen LogP contribution in [0.25, 0.3) is 5.69 Å². The average Bonchev–Trinajstić information content (AvgIpc) is 2.84. The van der Waals surface area contributed by atoms with E-state index in [1.54, 1.807) is 6.20 Å². The average molecular weight is 275 g/mol. The number of aromatic nitrogens is 2. The van der Waals surface area contributed by atoms with E-state index in [0.717, 1.165) is 10.8 Å². The molecule has 0 aliphatic heterocycles. The lowest BCUT2D eigenvalue weighted by atomic mass is 10.0. The Morgan fingerprint density at radius 3 is 2.84 bits per heavy atom. The van der Waals surface area contributed by atoms with Gasteiger partial charge in [-0.2, -0.15) is 0 Å². The molecule has 1 aromatic heterocycles. The molecule has 0 fully saturated rings. The molecule has 0 radical (unpaired) electrons. The van der Waals surface area contributed by atoms with Crippen LogP contribution < -0.4 is 5.73 Å². The number of hydrogen-bond donors (Lipinski definition) is 1. The maximum absolute atomic E-state index is 10.9. The number of para-hydroxylation sites is 1. The lowest BCUT2D eigenvalue weighted by Crippen LogP contribution is -2.13. The fraction of sp³-hybridized carbons (Fsp3) is 0.286. The molecule has 19 heavy (non-hydrogen) atoms. The predicted octanol–water partition coefficient (Wildman–Crippen LogP) is 2.57. The SMILES string of the molecule is CC(C)c1ccccc1-n1ccnc1SCC(N)=O. The summed E-state index contributed by atoms with van der Waals surface area (Å²) >= 11 is 1.35. The number of hydrogen-bond acceptors (Lipinski definition) is 3. The molecule has 0 atom stereocenters. The van der Waals surface area contributed by atoms with Crippen molar-refractivity contribution in [3.05, 3.63) is 42.2 Å². The molecule has 2 N–H and O–H groups in total. The highest BCUT2D eigenvalue weighted by Crippen LogP contribution is 2.26. The first-order valence-electron chi connectivity index (χ1n) is 6.13. The molecule has 0 bridgehead atoms. The summed E-state index contributed by atoms with van der Waals surface area (Å²) < 4.78 is 2.00.